The summed E-state index contributed by atoms with van der Waals surface area (Å²) in [5.41, 5.74) is 1.61. The van der Waals surface area contributed by atoms with Crippen molar-refractivity contribution in [3.63, 3.8) is 0 Å². The minimum absolute atomic E-state index is 0.0439. The first-order chi connectivity index (χ1) is 15.7. The fourth-order valence-electron chi connectivity index (χ4n) is 2.98. The highest BCUT2D eigenvalue weighted by molar-refractivity contribution is 7.99. The summed E-state index contributed by atoms with van der Waals surface area (Å²) in [6, 6.07) is 19.6. The van der Waals surface area contributed by atoms with Gasteiger partial charge in [-0.1, -0.05) is 42.5 Å². The summed E-state index contributed by atoms with van der Waals surface area (Å²) < 4.78 is 19.4. The van der Waals surface area contributed by atoms with Crippen LogP contribution < -0.4 is 10.1 Å². The topological polar surface area (TPSA) is 38.3 Å². The predicted octanol–water partition coefficient (Wildman–Crippen LogP) is 6.98. The fraction of sp³-hybridized carbons (Fsp3) is 0.222. The highest BCUT2D eigenvalue weighted by atomic mass is 35.5. The maximum atomic E-state index is 13.6. The summed E-state index contributed by atoms with van der Waals surface area (Å²) in [4.78, 5) is 13.6. The number of carbonyl (C=O) groups is 1. The lowest BCUT2D eigenvalue weighted by atomic mass is 10.1. The number of rotatable bonds is 7. The van der Waals surface area contributed by atoms with Gasteiger partial charge in [-0.25, -0.2) is 4.39 Å². The van der Waals surface area contributed by atoms with Crippen LogP contribution >= 0.6 is 23.4 Å². The molecule has 0 fully saturated rings. The Hall–Kier alpha value is -2.94. The molecule has 0 radical (unpaired) electrons. The Kier molecular flexibility index (Phi) is 8.43. The molecule has 0 saturated carbocycles. The van der Waals surface area contributed by atoms with Crippen molar-refractivity contribution in [3.05, 3.63) is 88.7 Å². The van der Waals surface area contributed by atoms with Gasteiger partial charge in [0.15, 0.2) is 5.60 Å². The van der Waals surface area contributed by atoms with Gasteiger partial charge in [0.1, 0.15) is 11.6 Å². The van der Waals surface area contributed by atoms with Crippen molar-refractivity contribution in [1.82, 2.24) is 0 Å². The Morgan fingerprint density at radius 1 is 1.09 bits per heavy atom. The first-order valence-corrected chi connectivity index (χ1v) is 11.9. The monoisotopic (exact) mass is 481 g/mol. The van der Waals surface area contributed by atoms with E-state index < -0.39 is 11.4 Å². The third-order valence-corrected chi connectivity index (χ3v) is 5.74. The van der Waals surface area contributed by atoms with Crippen LogP contribution in [-0.4, -0.2) is 17.3 Å². The molecule has 0 atom stereocenters. The van der Waals surface area contributed by atoms with E-state index in [9.17, 15) is 9.18 Å². The van der Waals surface area contributed by atoms with Crippen LogP contribution in [0.1, 0.15) is 31.9 Å². The van der Waals surface area contributed by atoms with Crippen LogP contribution in [0.3, 0.4) is 0 Å². The van der Waals surface area contributed by atoms with E-state index in [0.29, 0.717) is 17.9 Å². The standard InChI is InChI=1S/C27H25ClFNO2S/c1-4-33-23-12-7-20(8-13-23)17-26(31)30-21-9-5-19(6-10-21)15-16-27(2,3)32-22-11-14-24(28)25(29)18-22/h5-14,18H,4,17H2,1-3H3,(H,30,31). The Morgan fingerprint density at radius 2 is 1.79 bits per heavy atom. The van der Waals surface area contributed by atoms with E-state index in [0.717, 1.165) is 16.9 Å². The maximum absolute atomic E-state index is 13.6. The van der Waals surface area contributed by atoms with Crippen molar-refractivity contribution in [2.45, 2.75) is 37.7 Å². The van der Waals surface area contributed by atoms with Crippen LogP contribution in [0, 0.1) is 17.7 Å². The Bertz CT molecular complexity index is 1170. The van der Waals surface area contributed by atoms with Gasteiger partial charge in [-0.3, -0.25) is 4.79 Å². The second-order valence-corrected chi connectivity index (χ2v) is 9.56. The number of hydrogen-bond acceptors (Lipinski definition) is 3. The third-order valence-electron chi connectivity index (χ3n) is 4.54. The maximum Gasteiger partial charge on any atom is 0.228 e. The molecule has 0 heterocycles. The van der Waals surface area contributed by atoms with E-state index in [2.05, 4.69) is 24.1 Å². The molecule has 0 aliphatic rings. The zero-order chi connectivity index (χ0) is 23.8. The molecule has 170 valence electrons. The van der Waals surface area contributed by atoms with Crippen molar-refractivity contribution < 1.29 is 13.9 Å². The Labute approximate surface area is 203 Å². The van der Waals surface area contributed by atoms with Crippen LogP contribution in [0.5, 0.6) is 5.75 Å². The molecule has 0 saturated heterocycles. The second kappa shape index (κ2) is 11.3. The van der Waals surface area contributed by atoms with Crippen LogP contribution in [0.2, 0.25) is 5.02 Å². The van der Waals surface area contributed by atoms with E-state index in [1.54, 1.807) is 31.7 Å². The number of thioether (sulfide) groups is 1. The molecule has 1 N–H and O–H groups in total. The summed E-state index contributed by atoms with van der Waals surface area (Å²) in [7, 11) is 0. The molecular formula is C27H25ClFNO2S. The van der Waals surface area contributed by atoms with Gasteiger partial charge in [-0.15, -0.1) is 11.8 Å². The van der Waals surface area contributed by atoms with E-state index in [1.165, 1.54) is 17.0 Å². The Balaban J connectivity index is 1.56. The number of amides is 1. The van der Waals surface area contributed by atoms with Crippen LogP contribution in [0.15, 0.2) is 71.6 Å². The molecule has 0 aliphatic carbocycles. The summed E-state index contributed by atoms with van der Waals surface area (Å²) in [5.74, 6) is 6.87. The molecule has 0 spiro atoms. The van der Waals surface area contributed by atoms with Gasteiger partial charge >= 0.3 is 0 Å². The highest BCUT2D eigenvalue weighted by Gasteiger charge is 2.17. The van der Waals surface area contributed by atoms with Gasteiger partial charge in [0.25, 0.3) is 0 Å². The number of carbonyl (C=O) groups excluding carboxylic acids is 1. The lowest BCUT2D eigenvalue weighted by molar-refractivity contribution is -0.115. The zero-order valence-corrected chi connectivity index (χ0v) is 20.3. The largest absolute Gasteiger partial charge is 0.475 e. The molecule has 6 heteroatoms. The van der Waals surface area contributed by atoms with Gasteiger partial charge in [-0.2, -0.15) is 0 Å². The van der Waals surface area contributed by atoms with Crippen molar-refractivity contribution in [2.75, 3.05) is 11.1 Å². The van der Waals surface area contributed by atoms with Gasteiger partial charge in [0.2, 0.25) is 5.91 Å². The first kappa shape index (κ1) is 24.7. The molecule has 0 aliphatic heterocycles. The lowest BCUT2D eigenvalue weighted by Gasteiger charge is -2.20. The van der Waals surface area contributed by atoms with E-state index in [-0.39, 0.29) is 10.9 Å². The van der Waals surface area contributed by atoms with E-state index >= 15 is 0 Å². The smallest absolute Gasteiger partial charge is 0.228 e. The van der Waals surface area contributed by atoms with Crippen molar-refractivity contribution in [3.8, 4) is 17.6 Å². The molecule has 3 aromatic carbocycles. The molecule has 0 unspecified atom stereocenters. The summed E-state index contributed by atoms with van der Waals surface area (Å²) in [6.07, 6.45) is 0.315. The fourth-order valence-corrected chi connectivity index (χ4v) is 3.76. The number of halogens is 2. The Morgan fingerprint density at radius 3 is 2.42 bits per heavy atom. The minimum Gasteiger partial charge on any atom is -0.475 e. The van der Waals surface area contributed by atoms with Gasteiger partial charge in [0.05, 0.1) is 11.4 Å². The van der Waals surface area contributed by atoms with Crippen LogP contribution in [0.25, 0.3) is 0 Å². The van der Waals surface area contributed by atoms with Crippen molar-refractivity contribution in [1.29, 1.82) is 0 Å². The zero-order valence-electron chi connectivity index (χ0n) is 18.7. The van der Waals surface area contributed by atoms with Crippen LogP contribution in [-0.2, 0) is 11.2 Å². The third kappa shape index (κ3) is 7.85. The average molecular weight is 482 g/mol. The van der Waals surface area contributed by atoms with Crippen molar-refractivity contribution in [2.24, 2.45) is 0 Å². The second-order valence-electron chi connectivity index (χ2n) is 7.82. The summed E-state index contributed by atoms with van der Waals surface area (Å²) in [6.45, 7) is 5.71. The average Bonchev–Trinajstić information content (AvgIpc) is 2.77. The number of nitrogens with one attached hydrogen (secondary N) is 1. The summed E-state index contributed by atoms with van der Waals surface area (Å²) >= 11 is 7.48. The molecule has 3 rings (SSSR count). The molecule has 33 heavy (non-hydrogen) atoms. The molecule has 3 aromatic rings. The van der Waals surface area contributed by atoms with Crippen LogP contribution in [0.4, 0.5) is 10.1 Å². The lowest BCUT2D eigenvalue weighted by Crippen LogP contribution is -2.25. The normalized spacial score (nSPS) is 10.8. The van der Waals surface area contributed by atoms with E-state index in [1.807, 2.05) is 48.5 Å². The minimum atomic E-state index is -0.835. The van der Waals surface area contributed by atoms with Gasteiger partial charge in [0, 0.05) is 22.2 Å². The molecular weight excluding hydrogens is 457 g/mol. The quantitative estimate of drug-likeness (QED) is 0.292. The SMILES string of the molecule is CCSc1ccc(CC(=O)Nc2ccc(C#CC(C)(C)Oc3ccc(Cl)c(F)c3)cc2)cc1. The van der Waals surface area contributed by atoms with E-state index in [4.69, 9.17) is 16.3 Å². The molecule has 1 amide bonds. The van der Waals surface area contributed by atoms with Gasteiger partial charge < -0.3 is 10.1 Å². The highest BCUT2D eigenvalue weighted by Crippen LogP contribution is 2.24. The first-order valence-electron chi connectivity index (χ1n) is 10.5. The number of benzene rings is 3. The van der Waals surface area contributed by atoms with Gasteiger partial charge in [-0.05, 0) is 73.7 Å². The molecule has 3 nitrogen and oxygen atoms in total. The number of ether oxygens (including phenoxy) is 1. The van der Waals surface area contributed by atoms with Crippen molar-refractivity contribution >= 4 is 35.0 Å². The molecule has 0 bridgehead atoms. The molecule has 0 aromatic heterocycles. The predicted molar refractivity (Wildman–Crippen MR) is 135 cm³/mol. The summed E-state index contributed by atoms with van der Waals surface area (Å²) in [5, 5.41) is 2.95. The number of anilines is 1. The number of hydrogen-bond donors (Lipinski definition) is 1.